The monoisotopic (exact) mass is 296 g/mol. The molecule has 2 aliphatic heterocycles. The van der Waals surface area contributed by atoms with Crippen LogP contribution in [0.1, 0.15) is 38.2 Å². The highest BCUT2D eigenvalue weighted by Crippen LogP contribution is 2.37. The Hall–Kier alpha value is -0.640. The standard InChI is InChI=1S/C16H22ClFN2/c1-2-19-12-8-13-4-5-14(9-12)20(13)10-11-3-6-16(18)15(17)7-11/h3,6-7,12-14,19H,2,4-5,8-10H2,1H3. The SMILES string of the molecule is CCNC1CC2CCC(C1)N2Cc1ccc(F)c(Cl)c1. The molecule has 2 bridgehead atoms. The van der Waals surface area contributed by atoms with Crippen molar-refractivity contribution in [1.29, 1.82) is 0 Å². The van der Waals surface area contributed by atoms with Crippen LogP contribution < -0.4 is 5.32 Å². The van der Waals surface area contributed by atoms with Gasteiger partial charge in [0.15, 0.2) is 0 Å². The summed E-state index contributed by atoms with van der Waals surface area (Å²) in [6.07, 6.45) is 5.06. The van der Waals surface area contributed by atoms with Crippen molar-refractivity contribution < 1.29 is 4.39 Å². The van der Waals surface area contributed by atoms with E-state index in [1.165, 1.54) is 31.7 Å². The number of piperidine rings is 1. The van der Waals surface area contributed by atoms with Gasteiger partial charge >= 0.3 is 0 Å². The van der Waals surface area contributed by atoms with E-state index < -0.39 is 0 Å². The summed E-state index contributed by atoms with van der Waals surface area (Å²) in [6, 6.07) is 7.11. The summed E-state index contributed by atoms with van der Waals surface area (Å²) in [5.74, 6) is -0.329. The van der Waals surface area contributed by atoms with Crippen molar-refractivity contribution in [2.24, 2.45) is 0 Å². The molecule has 0 aromatic heterocycles. The molecule has 0 saturated carbocycles. The average Bonchev–Trinajstić information content (AvgIpc) is 2.66. The number of rotatable bonds is 4. The van der Waals surface area contributed by atoms with Crippen molar-refractivity contribution in [2.45, 2.75) is 57.3 Å². The Balaban J connectivity index is 1.68. The minimum atomic E-state index is -0.329. The fourth-order valence-electron chi connectivity index (χ4n) is 3.84. The highest BCUT2D eigenvalue weighted by atomic mass is 35.5. The van der Waals surface area contributed by atoms with E-state index in [-0.39, 0.29) is 10.8 Å². The molecule has 1 N–H and O–H groups in total. The Morgan fingerprint density at radius 3 is 2.60 bits per heavy atom. The summed E-state index contributed by atoms with van der Waals surface area (Å²) < 4.78 is 13.2. The van der Waals surface area contributed by atoms with Crippen LogP contribution in [0, 0.1) is 5.82 Å². The number of fused-ring (bicyclic) bond motifs is 2. The van der Waals surface area contributed by atoms with Crippen LogP contribution in [0.15, 0.2) is 18.2 Å². The molecule has 2 atom stereocenters. The lowest BCUT2D eigenvalue weighted by molar-refractivity contribution is 0.110. The van der Waals surface area contributed by atoms with Crippen LogP contribution in [0.5, 0.6) is 0 Å². The van der Waals surface area contributed by atoms with Gasteiger partial charge in [0, 0.05) is 24.7 Å². The first-order valence-corrected chi connectivity index (χ1v) is 7.98. The topological polar surface area (TPSA) is 15.3 Å². The van der Waals surface area contributed by atoms with E-state index in [4.69, 9.17) is 11.6 Å². The van der Waals surface area contributed by atoms with E-state index in [0.717, 1.165) is 18.7 Å². The second-order valence-corrected chi connectivity index (χ2v) is 6.44. The van der Waals surface area contributed by atoms with Crippen molar-refractivity contribution in [3.8, 4) is 0 Å². The van der Waals surface area contributed by atoms with Gasteiger partial charge in [0.25, 0.3) is 0 Å². The van der Waals surface area contributed by atoms with Crippen molar-refractivity contribution in [2.75, 3.05) is 6.54 Å². The van der Waals surface area contributed by atoms with Crippen LogP contribution in [0.25, 0.3) is 0 Å². The molecule has 0 aliphatic carbocycles. The lowest BCUT2D eigenvalue weighted by atomic mass is 9.96. The van der Waals surface area contributed by atoms with E-state index in [1.54, 1.807) is 6.07 Å². The summed E-state index contributed by atoms with van der Waals surface area (Å²) in [7, 11) is 0. The van der Waals surface area contributed by atoms with Crippen LogP contribution in [0.4, 0.5) is 4.39 Å². The fourth-order valence-corrected chi connectivity index (χ4v) is 4.04. The predicted octanol–water partition coefficient (Wildman–Crippen LogP) is 3.58. The molecule has 0 radical (unpaired) electrons. The van der Waals surface area contributed by atoms with Crippen LogP contribution in [-0.2, 0) is 6.54 Å². The maximum atomic E-state index is 13.2. The van der Waals surface area contributed by atoms with Crippen molar-refractivity contribution in [3.05, 3.63) is 34.6 Å². The average molecular weight is 297 g/mol. The van der Waals surface area contributed by atoms with Crippen LogP contribution in [0.3, 0.4) is 0 Å². The summed E-state index contributed by atoms with van der Waals surface area (Å²) in [5.41, 5.74) is 1.12. The Kier molecular flexibility index (Phi) is 4.29. The molecule has 4 heteroatoms. The molecule has 2 saturated heterocycles. The first-order chi connectivity index (χ1) is 9.67. The Labute approximate surface area is 125 Å². The molecule has 0 spiro atoms. The third-order valence-corrected chi connectivity index (χ3v) is 5.02. The molecule has 1 aromatic rings. The highest BCUT2D eigenvalue weighted by molar-refractivity contribution is 6.30. The van der Waals surface area contributed by atoms with Gasteiger partial charge in [-0.3, -0.25) is 4.90 Å². The summed E-state index contributed by atoms with van der Waals surface area (Å²) in [4.78, 5) is 2.59. The zero-order valence-electron chi connectivity index (χ0n) is 11.9. The van der Waals surface area contributed by atoms with Crippen molar-refractivity contribution in [1.82, 2.24) is 10.2 Å². The Morgan fingerprint density at radius 2 is 2.00 bits per heavy atom. The van der Waals surface area contributed by atoms with Crippen molar-refractivity contribution >= 4 is 11.6 Å². The molecular formula is C16H22ClFN2. The molecule has 2 heterocycles. The number of hydrogen-bond donors (Lipinski definition) is 1. The van der Waals surface area contributed by atoms with Gasteiger partial charge in [-0.15, -0.1) is 0 Å². The van der Waals surface area contributed by atoms with Gasteiger partial charge in [-0.05, 0) is 49.9 Å². The van der Waals surface area contributed by atoms with E-state index in [2.05, 4.69) is 17.1 Å². The third kappa shape index (κ3) is 2.85. The maximum Gasteiger partial charge on any atom is 0.141 e. The first-order valence-electron chi connectivity index (χ1n) is 7.60. The van der Waals surface area contributed by atoms with Crippen molar-refractivity contribution in [3.63, 3.8) is 0 Å². The second-order valence-electron chi connectivity index (χ2n) is 6.03. The molecule has 20 heavy (non-hydrogen) atoms. The number of hydrogen-bond acceptors (Lipinski definition) is 2. The number of nitrogens with zero attached hydrogens (tertiary/aromatic N) is 1. The molecule has 1 aromatic carbocycles. The second kappa shape index (κ2) is 6.00. The maximum absolute atomic E-state index is 13.2. The van der Waals surface area contributed by atoms with Gasteiger partial charge in [-0.25, -0.2) is 4.39 Å². The minimum absolute atomic E-state index is 0.234. The largest absolute Gasteiger partial charge is 0.314 e. The molecular weight excluding hydrogens is 275 g/mol. The molecule has 0 amide bonds. The Bertz CT molecular complexity index is 466. The summed E-state index contributed by atoms with van der Waals surface area (Å²) >= 11 is 5.88. The quantitative estimate of drug-likeness (QED) is 0.913. The van der Waals surface area contributed by atoms with Gasteiger partial charge in [0.05, 0.1) is 5.02 Å². The molecule has 2 nitrogen and oxygen atoms in total. The number of nitrogens with one attached hydrogen (secondary N) is 1. The van der Waals surface area contributed by atoms with Crippen LogP contribution in [0.2, 0.25) is 5.02 Å². The number of benzene rings is 1. The zero-order valence-corrected chi connectivity index (χ0v) is 12.7. The third-order valence-electron chi connectivity index (χ3n) is 4.73. The Morgan fingerprint density at radius 1 is 1.30 bits per heavy atom. The van der Waals surface area contributed by atoms with E-state index in [1.807, 2.05) is 6.07 Å². The summed E-state index contributed by atoms with van der Waals surface area (Å²) in [5, 5.41) is 3.82. The smallest absolute Gasteiger partial charge is 0.141 e. The predicted molar refractivity (Wildman–Crippen MR) is 80.5 cm³/mol. The fraction of sp³-hybridized carbons (Fsp3) is 0.625. The summed E-state index contributed by atoms with van der Waals surface area (Å²) in [6.45, 7) is 4.13. The lowest BCUT2D eigenvalue weighted by Crippen LogP contribution is -2.48. The highest BCUT2D eigenvalue weighted by Gasteiger charge is 2.40. The van der Waals surface area contributed by atoms with Gasteiger partial charge < -0.3 is 5.32 Å². The van der Waals surface area contributed by atoms with E-state index in [0.29, 0.717) is 18.1 Å². The van der Waals surface area contributed by atoms with Gasteiger partial charge in [-0.2, -0.15) is 0 Å². The molecule has 2 aliphatic rings. The van der Waals surface area contributed by atoms with Crippen LogP contribution in [-0.4, -0.2) is 29.6 Å². The molecule has 2 fully saturated rings. The number of halogens is 2. The minimum Gasteiger partial charge on any atom is -0.314 e. The van der Waals surface area contributed by atoms with Crippen LogP contribution >= 0.6 is 11.6 Å². The van der Waals surface area contributed by atoms with Gasteiger partial charge in [0.2, 0.25) is 0 Å². The molecule has 3 rings (SSSR count). The first kappa shape index (κ1) is 14.3. The lowest BCUT2D eigenvalue weighted by Gasteiger charge is -2.39. The molecule has 110 valence electrons. The van der Waals surface area contributed by atoms with E-state index in [9.17, 15) is 4.39 Å². The molecule has 2 unspecified atom stereocenters. The zero-order chi connectivity index (χ0) is 14.1. The van der Waals surface area contributed by atoms with Gasteiger partial charge in [-0.1, -0.05) is 24.6 Å². The van der Waals surface area contributed by atoms with Gasteiger partial charge in [0.1, 0.15) is 5.82 Å². The normalized spacial score (nSPS) is 29.9. The van der Waals surface area contributed by atoms with E-state index >= 15 is 0 Å².